The zero-order valence-corrected chi connectivity index (χ0v) is 10.3. The Hall–Kier alpha value is -2.36. The van der Waals surface area contributed by atoms with Crippen LogP contribution >= 0.6 is 0 Å². The molecule has 3 nitrogen and oxygen atoms in total. The summed E-state index contributed by atoms with van der Waals surface area (Å²) in [4.78, 5) is 13.7. The van der Waals surface area contributed by atoms with Crippen molar-refractivity contribution in [1.82, 2.24) is 0 Å². The molecular formula is C15H13FN2O. The minimum absolute atomic E-state index is 0.0111. The van der Waals surface area contributed by atoms with Gasteiger partial charge in [0.25, 0.3) is 0 Å². The van der Waals surface area contributed by atoms with Crippen molar-refractivity contribution < 1.29 is 9.18 Å². The van der Waals surface area contributed by atoms with Crippen molar-refractivity contribution in [2.24, 2.45) is 0 Å². The zero-order chi connectivity index (χ0) is 13.2. The Kier molecular flexibility index (Phi) is 2.91. The molecule has 0 atom stereocenters. The zero-order valence-electron chi connectivity index (χ0n) is 10.3. The molecule has 0 saturated heterocycles. The first kappa shape index (κ1) is 11.7. The molecule has 0 unspecified atom stereocenters. The van der Waals surface area contributed by atoms with Crippen LogP contribution in [0.3, 0.4) is 0 Å². The van der Waals surface area contributed by atoms with E-state index in [0.29, 0.717) is 12.2 Å². The van der Waals surface area contributed by atoms with Crippen molar-refractivity contribution in [3.8, 4) is 0 Å². The highest BCUT2D eigenvalue weighted by Crippen LogP contribution is 2.31. The highest BCUT2D eigenvalue weighted by Gasteiger charge is 2.24. The number of benzene rings is 2. The summed E-state index contributed by atoms with van der Waals surface area (Å²) in [6.07, 6.45) is 0. The molecule has 1 amide bonds. The maximum atomic E-state index is 13.2. The molecule has 0 fully saturated rings. The molecule has 1 N–H and O–H groups in total. The largest absolute Gasteiger partial charge is 0.374 e. The Morgan fingerprint density at radius 1 is 1.16 bits per heavy atom. The quantitative estimate of drug-likeness (QED) is 0.896. The van der Waals surface area contributed by atoms with Crippen LogP contribution in [0, 0.1) is 5.82 Å². The Bertz CT molecular complexity index is 613. The van der Waals surface area contributed by atoms with Crippen molar-refractivity contribution >= 4 is 17.3 Å². The molecule has 0 aliphatic carbocycles. The number of halogens is 1. The lowest BCUT2D eigenvalue weighted by atomic mass is 10.1. The van der Waals surface area contributed by atoms with Gasteiger partial charge in [-0.1, -0.05) is 30.3 Å². The van der Waals surface area contributed by atoms with Gasteiger partial charge in [0.05, 0.1) is 24.5 Å². The van der Waals surface area contributed by atoms with Crippen molar-refractivity contribution in [2.75, 3.05) is 16.8 Å². The van der Waals surface area contributed by atoms with E-state index in [-0.39, 0.29) is 18.3 Å². The predicted octanol–water partition coefficient (Wildman–Crippen LogP) is 2.78. The molecule has 0 bridgehead atoms. The summed E-state index contributed by atoms with van der Waals surface area (Å²) in [7, 11) is 0. The number of carbonyl (C=O) groups is 1. The number of nitrogens with zero attached hydrogens (tertiary/aromatic N) is 1. The first-order valence-electron chi connectivity index (χ1n) is 6.12. The Labute approximate surface area is 110 Å². The van der Waals surface area contributed by atoms with E-state index >= 15 is 0 Å². The molecule has 1 heterocycles. The fraction of sp³-hybridized carbons (Fsp3) is 0.133. The number of carbonyl (C=O) groups excluding carboxylic acids is 1. The molecular weight excluding hydrogens is 243 g/mol. The first-order valence-corrected chi connectivity index (χ1v) is 6.12. The maximum absolute atomic E-state index is 13.2. The van der Waals surface area contributed by atoms with E-state index in [1.165, 1.54) is 12.1 Å². The minimum atomic E-state index is -0.305. The van der Waals surface area contributed by atoms with Crippen molar-refractivity contribution in [1.29, 1.82) is 0 Å². The van der Waals surface area contributed by atoms with E-state index in [4.69, 9.17) is 0 Å². The molecule has 0 spiro atoms. The average Bonchev–Trinajstić information content (AvgIpc) is 2.43. The van der Waals surface area contributed by atoms with E-state index in [2.05, 4.69) is 5.32 Å². The molecule has 1 aliphatic rings. The van der Waals surface area contributed by atoms with Crippen LogP contribution in [0.1, 0.15) is 5.56 Å². The highest BCUT2D eigenvalue weighted by molar-refractivity contribution is 6.02. The van der Waals surface area contributed by atoms with Gasteiger partial charge in [-0.15, -0.1) is 0 Å². The lowest BCUT2D eigenvalue weighted by Gasteiger charge is -2.30. The normalized spacial score (nSPS) is 13.9. The van der Waals surface area contributed by atoms with Gasteiger partial charge >= 0.3 is 0 Å². The maximum Gasteiger partial charge on any atom is 0.246 e. The summed E-state index contributed by atoms with van der Waals surface area (Å²) in [6.45, 7) is 0.698. The second-order valence-corrected chi connectivity index (χ2v) is 4.48. The number of rotatable bonds is 2. The van der Waals surface area contributed by atoms with Crippen molar-refractivity contribution in [3.05, 3.63) is 59.9 Å². The fourth-order valence-electron chi connectivity index (χ4n) is 2.23. The molecule has 3 rings (SSSR count). The summed E-state index contributed by atoms with van der Waals surface area (Å²) in [5, 5.41) is 2.94. The second kappa shape index (κ2) is 4.72. The summed E-state index contributed by atoms with van der Waals surface area (Å²) in [5.41, 5.74) is 2.44. The fourth-order valence-corrected chi connectivity index (χ4v) is 2.23. The van der Waals surface area contributed by atoms with Crippen LogP contribution in [0.4, 0.5) is 15.8 Å². The van der Waals surface area contributed by atoms with Gasteiger partial charge in [-0.3, -0.25) is 4.79 Å². The molecule has 0 aromatic heterocycles. The van der Waals surface area contributed by atoms with Gasteiger partial charge in [-0.2, -0.15) is 0 Å². The van der Waals surface area contributed by atoms with Gasteiger partial charge in [0.15, 0.2) is 0 Å². The van der Waals surface area contributed by atoms with Crippen LogP contribution in [0.2, 0.25) is 0 Å². The van der Waals surface area contributed by atoms with Crippen LogP contribution < -0.4 is 10.2 Å². The topological polar surface area (TPSA) is 32.3 Å². The smallest absolute Gasteiger partial charge is 0.246 e. The number of nitrogens with one attached hydrogen (secondary N) is 1. The summed E-state index contributed by atoms with van der Waals surface area (Å²) in [6, 6.07) is 14.2. The molecule has 0 radical (unpaired) electrons. The van der Waals surface area contributed by atoms with E-state index in [1.54, 1.807) is 11.0 Å². The van der Waals surface area contributed by atoms with Gasteiger partial charge in [0.2, 0.25) is 5.91 Å². The number of fused-ring (bicyclic) bond motifs is 1. The standard InChI is InChI=1S/C15H13FN2O/c16-12-6-7-14-13(8-12)17-9-15(19)18(14)10-11-4-2-1-3-5-11/h1-8,17H,9-10H2. The number of hydrogen-bond donors (Lipinski definition) is 1. The van der Waals surface area contributed by atoms with Gasteiger partial charge in [-0.05, 0) is 23.8 Å². The highest BCUT2D eigenvalue weighted by atomic mass is 19.1. The number of anilines is 2. The van der Waals surface area contributed by atoms with E-state index in [9.17, 15) is 9.18 Å². The average molecular weight is 256 g/mol. The number of amides is 1. The Morgan fingerprint density at radius 3 is 2.74 bits per heavy atom. The second-order valence-electron chi connectivity index (χ2n) is 4.48. The van der Waals surface area contributed by atoms with E-state index in [0.717, 1.165) is 11.3 Å². The molecule has 4 heteroatoms. The van der Waals surface area contributed by atoms with Crippen LogP contribution in [-0.2, 0) is 11.3 Å². The van der Waals surface area contributed by atoms with E-state index < -0.39 is 0 Å². The molecule has 1 aliphatic heterocycles. The molecule has 96 valence electrons. The third kappa shape index (κ3) is 2.29. The van der Waals surface area contributed by atoms with Gasteiger partial charge in [0, 0.05) is 0 Å². The summed E-state index contributed by atoms with van der Waals surface area (Å²) >= 11 is 0. The number of hydrogen-bond acceptors (Lipinski definition) is 2. The lowest BCUT2D eigenvalue weighted by molar-refractivity contribution is -0.117. The SMILES string of the molecule is O=C1CNc2cc(F)ccc2N1Cc1ccccc1. The minimum Gasteiger partial charge on any atom is -0.374 e. The van der Waals surface area contributed by atoms with Crippen LogP contribution in [-0.4, -0.2) is 12.5 Å². The van der Waals surface area contributed by atoms with Crippen LogP contribution in [0.25, 0.3) is 0 Å². The monoisotopic (exact) mass is 256 g/mol. The van der Waals surface area contributed by atoms with Gasteiger partial charge < -0.3 is 10.2 Å². The third-order valence-electron chi connectivity index (χ3n) is 3.16. The first-order chi connectivity index (χ1) is 9.24. The molecule has 2 aromatic carbocycles. The molecule has 19 heavy (non-hydrogen) atoms. The molecule has 2 aromatic rings. The third-order valence-corrected chi connectivity index (χ3v) is 3.16. The summed E-state index contributed by atoms with van der Waals surface area (Å²) < 4.78 is 13.2. The van der Waals surface area contributed by atoms with Crippen molar-refractivity contribution in [3.63, 3.8) is 0 Å². The van der Waals surface area contributed by atoms with Crippen LogP contribution in [0.5, 0.6) is 0 Å². The van der Waals surface area contributed by atoms with Gasteiger partial charge in [0.1, 0.15) is 5.82 Å². The van der Waals surface area contributed by atoms with Gasteiger partial charge in [-0.25, -0.2) is 4.39 Å². The predicted molar refractivity (Wildman–Crippen MR) is 72.5 cm³/mol. The van der Waals surface area contributed by atoms with Crippen molar-refractivity contribution in [2.45, 2.75) is 6.54 Å². The summed E-state index contributed by atoms with van der Waals surface area (Å²) in [5.74, 6) is -0.316. The molecule has 0 saturated carbocycles. The van der Waals surface area contributed by atoms with Crippen LogP contribution in [0.15, 0.2) is 48.5 Å². The Morgan fingerprint density at radius 2 is 1.95 bits per heavy atom. The Balaban J connectivity index is 1.95. The lowest BCUT2D eigenvalue weighted by Crippen LogP contribution is -2.39. The van der Waals surface area contributed by atoms with E-state index in [1.807, 2.05) is 30.3 Å².